The molecule has 0 radical (unpaired) electrons. The highest BCUT2D eigenvalue weighted by Gasteiger charge is 2.33. The third-order valence-corrected chi connectivity index (χ3v) is 4.52. The van der Waals surface area contributed by atoms with Crippen LogP contribution in [0.25, 0.3) is 0 Å². The molecule has 3 rings (SSSR count). The van der Waals surface area contributed by atoms with Gasteiger partial charge in [0.15, 0.2) is 5.78 Å². The van der Waals surface area contributed by atoms with Crippen LogP contribution in [0, 0.1) is 11.3 Å². The van der Waals surface area contributed by atoms with E-state index in [1.54, 1.807) is 31.3 Å². The van der Waals surface area contributed by atoms with Crippen LogP contribution in [0.2, 0.25) is 0 Å². The lowest BCUT2D eigenvalue weighted by atomic mass is 9.96. The van der Waals surface area contributed by atoms with Crippen LogP contribution >= 0.6 is 0 Å². The number of anilines is 1. The van der Waals surface area contributed by atoms with Crippen LogP contribution in [-0.2, 0) is 11.0 Å². The van der Waals surface area contributed by atoms with E-state index in [2.05, 4.69) is 15.6 Å². The predicted octanol–water partition coefficient (Wildman–Crippen LogP) is 3.96. The first-order valence-corrected chi connectivity index (χ1v) is 8.57. The Morgan fingerprint density at radius 1 is 1.18 bits per heavy atom. The van der Waals surface area contributed by atoms with E-state index >= 15 is 0 Å². The average molecular weight is 386 g/mol. The largest absolute Gasteiger partial charge is 0.433 e. The first-order chi connectivity index (χ1) is 13.3. The topological polar surface area (TPSA) is 77.8 Å². The van der Waals surface area contributed by atoms with Crippen molar-refractivity contribution in [2.75, 3.05) is 12.4 Å². The second-order valence-electron chi connectivity index (χ2n) is 6.32. The predicted molar refractivity (Wildman–Crippen MR) is 97.1 cm³/mol. The number of aromatic nitrogens is 1. The smallest absolute Gasteiger partial charge is 0.358 e. The molecule has 1 atom stereocenters. The minimum Gasteiger partial charge on any atom is -0.358 e. The number of carbonyl (C=O) groups excluding carboxylic acids is 1. The number of alkyl halides is 3. The van der Waals surface area contributed by atoms with Gasteiger partial charge >= 0.3 is 6.18 Å². The third-order valence-electron chi connectivity index (χ3n) is 4.52. The summed E-state index contributed by atoms with van der Waals surface area (Å²) in [6, 6.07) is 10.8. The molecule has 0 saturated heterocycles. The van der Waals surface area contributed by atoms with Gasteiger partial charge in [0.05, 0.1) is 17.7 Å². The summed E-state index contributed by atoms with van der Waals surface area (Å²) >= 11 is 0. The van der Waals surface area contributed by atoms with Gasteiger partial charge in [-0.05, 0) is 43.3 Å². The second kappa shape index (κ2) is 7.82. The molecule has 1 aromatic heterocycles. The molecule has 1 aliphatic carbocycles. The summed E-state index contributed by atoms with van der Waals surface area (Å²) in [5, 5.41) is 15.0. The van der Waals surface area contributed by atoms with E-state index in [9.17, 15) is 18.0 Å². The normalized spacial score (nSPS) is 15.5. The fraction of sp³-hybridized carbons (Fsp3) is 0.250. The molecule has 0 amide bonds. The molecule has 5 nitrogen and oxygen atoms in total. The number of hydrogen-bond acceptors (Lipinski definition) is 5. The van der Waals surface area contributed by atoms with Crippen LogP contribution in [-0.4, -0.2) is 17.8 Å². The maximum atomic E-state index is 12.9. The van der Waals surface area contributed by atoms with Crippen molar-refractivity contribution < 1.29 is 18.0 Å². The second-order valence-corrected chi connectivity index (χ2v) is 6.32. The lowest BCUT2D eigenvalue weighted by Crippen LogP contribution is -2.23. The molecule has 144 valence electrons. The number of hydrogen-bond donors (Lipinski definition) is 2. The molecular weight excluding hydrogens is 369 g/mol. The molecule has 1 aromatic carbocycles. The molecule has 1 heterocycles. The van der Waals surface area contributed by atoms with Crippen molar-refractivity contribution in [2.45, 2.75) is 25.1 Å². The number of halogens is 3. The SMILES string of the molecule is CNC(C1=C(Nc2ccnc(C(F)(F)F)c2)CCC1=O)c1ccc(C#N)cc1. The van der Waals surface area contributed by atoms with Crippen molar-refractivity contribution in [3.63, 3.8) is 0 Å². The number of nitrogens with zero attached hydrogens (tertiary/aromatic N) is 2. The maximum absolute atomic E-state index is 12.9. The van der Waals surface area contributed by atoms with Gasteiger partial charge in [0.2, 0.25) is 0 Å². The standard InChI is InChI=1S/C20H17F3N4O/c1-25-19(13-4-2-12(11-24)3-5-13)18-15(6-7-16(18)28)27-14-8-9-26-17(10-14)20(21,22)23/h2-5,8-10,19,25H,6-7H2,1H3,(H,26,27). The highest BCUT2D eigenvalue weighted by Crippen LogP contribution is 2.35. The fourth-order valence-corrected chi connectivity index (χ4v) is 3.21. The monoisotopic (exact) mass is 386 g/mol. The quantitative estimate of drug-likeness (QED) is 0.813. The van der Waals surface area contributed by atoms with E-state index in [1.807, 2.05) is 6.07 Å². The first kappa shape index (κ1) is 19.6. The Balaban J connectivity index is 1.96. The number of nitrogens with one attached hydrogen (secondary N) is 2. The number of pyridine rings is 1. The third kappa shape index (κ3) is 4.05. The van der Waals surface area contributed by atoms with Crippen molar-refractivity contribution >= 4 is 11.5 Å². The minimum atomic E-state index is -4.55. The first-order valence-electron chi connectivity index (χ1n) is 8.57. The number of carbonyl (C=O) groups is 1. The molecule has 0 saturated carbocycles. The Kier molecular flexibility index (Phi) is 5.47. The summed E-state index contributed by atoms with van der Waals surface area (Å²) < 4.78 is 38.7. The molecule has 2 aromatic rings. The Bertz CT molecular complexity index is 959. The molecule has 0 spiro atoms. The van der Waals surface area contributed by atoms with Crippen LogP contribution < -0.4 is 10.6 Å². The van der Waals surface area contributed by atoms with Crippen molar-refractivity contribution in [2.24, 2.45) is 0 Å². The number of rotatable bonds is 5. The van der Waals surface area contributed by atoms with E-state index < -0.39 is 17.9 Å². The molecule has 8 heteroatoms. The molecule has 0 aliphatic heterocycles. The van der Waals surface area contributed by atoms with Gasteiger partial charge in [0, 0.05) is 29.6 Å². The van der Waals surface area contributed by atoms with E-state index in [0.29, 0.717) is 23.3 Å². The van der Waals surface area contributed by atoms with Gasteiger partial charge in [-0.3, -0.25) is 9.78 Å². The number of likely N-dealkylation sites (N-methyl/N-ethyl adjacent to an activating group) is 1. The Labute approximate surface area is 159 Å². The molecule has 2 N–H and O–H groups in total. The summed E-state index contributed by atoms with van der Waals surface area (Å²) in [6.07, 6.45) is -2.77. The van der Waals surface area contributed by atoms with E-state index in [1.165, 1.54) is 6.07 Å². The van der Waals surface area contributed by atoms with Gasteiger partial charge in [-0.2, -0.15) is 18.4 Å². The van der Waals surface area contributed by atoms with Crippen LogP contribution in [0.5, 0.6) is 0 Å². The van der Waals surface area contributed by atoms with Crippen molar-refractivity contribution in [1.82, 2.24) is 10.3 Å². The van der Waals surface area contributed by atoms with E-state index in [4.69, 9.17) is 5.26 Å². The summed E-state index contributed by atoms with van der Waals surface area (Å²) in [7, 11) is 1.70. The van der Waals surface area contributed by atoms with Gasteiger partial charge in [0.25, 0.3) is 0 Å². The summed E-state index contributed by atoms with van der Waals surface area (Å²) in [5.41, 5.74) is 1.57. The fourth-order valence-electron chi connectivity index (χ4n) is 3.21. The van der Waals surface area contributed by atoms with Crippen LogP contribution in [0.3, 0.4) is 0 Å². The highest BCUT2D eigenvalue weighted by atomic mass is 19.4. The zero-order valence-electron chi connectivity index (χ0n) is 15.0. The van der Waals surface area contributed by atoms with Gasteiger partial charge in [-0.15, -0.1) is 0 Å². The maximum Gasteiger partial charge on any atom is 0.433 e. The number of Topliss-reactive ketones (excluding diaryl/α,β-unsaturated/α-hetero) is 1. The Hall–Kier alpha value is -3.18. The highest BCUT2D eigenvalue weighted by molar-refractivity contribution is 6.00. The zero-order valence-corrected chi connectivity index (χ0v) is 15.0. The van der Waals surface area contributed by atoms with Crippen molar-refractivity contribution in [1.29, 1.82) is 5.26 Å². The molecule has 0 fully saturated rings. The number of benzene rings is 1. The molecule has 0 bridgehead atoms. The molecule has 1 aliphatic rings. The number of nitriles is 1. The average Bonchev–Trinajstić information content (AvgIpc) is 3.03. The van der Waals surface area contributed by atoms with E-state index in [-0.39, 0.29) is 17.9 Å². The summed E-state index contributed by atoms with van der Waals surface area (Å²) in [6.45, 7) is 0. The molecular formula is C20H17F3N4O. The number of allylic oxidation sites excluding steroid dienone is 1. The van der Waals surface area contributed by atoms with Gasteiger partial charge in [0.1, 0.15) is 5.69 Å². The molecule has 1 unspecified atom stereocenters. The van der Waals surface area contributed by atoms with Crippen molar-refractivity contribution in [3.8, 4) is 6.07 Å². The van der Waals surface area contributed by atoms with Gasteiger partial charge < -0.3 is 10.6 Å². The lowest BCUT2D eigenvalue weighted by molar-refractivity contribution is -0.141. The molecule has 28 heavy (non-hydrogen) atoms. The van der Waals surface area contributed by atoms with Crippen LogP contribution in [0.1, 0.15) is 35.7 Å². The van der Waals surface area contributed by atoms with Crippen LogP contribution in [0.4, 0.5) is 18.9 Å². The van der Waals surface area contributed by atoms with Gasteiger partial charge in [-0.1, -0.05) is 12.1 Å². The summed E-state index contributed by atoms with van der Waals surface area (Å²) in [4.78, 5) is 15.9. The lowest BCUT2D eigenvalue weighted by Gasteiger charge is -2.20. The van der Waals surface area contributed by atoms with Crippen molar-refractivity contribution in [3.05, 3.63) is 70.7 Å². The van der Waals surface area contributed by atoms with Gasteiger partial charge in [-0.25, -0.2) is 0 Å². The Morgan fingerprint density at radius 2 is 1.89 bits per heavy atom. The summed E-state index contributed by atoms with van der Waals surface area (Å²) in [5.74, 6) is -0.0729. The Morgan fingerprint density at radius 3 is 2.50 bits per heavy atom. The van der Waals surface area contributed by atoms with Crippen LogP contribution in [0.15, 0.2) is 53.9 Å². The van der Waals surface area contributed by atoms with E-state index in [0.717, 1.165) is 17.8 Å². The minimum absolute atomic E-state index is 0.0729. The number of ketones is 1. The zero-order chi connectivity index (χ0) is 20.3.